The summed E-state index contributed by atoms with van der Waals surface area (Å²) in [6, 6.07) is 10.1. The van der Waals surface area contributed by atoms with Crippen LogP contribution in [0.4, 0.5) is 5.69 Å². The highest BCUT2D eigenvalue weighted by Crippen LogP contribution is 2.35. The van der Waals surface area contributed by atoms with E-state index in [1.165, 1.54) is 4.88 Å². The van der Waals surface area contributed by atoms with E-state index in [4.69, 9.17) is 9.47 Å². The number of nitrogens with zero attached hydrogens (tertiary/aromatic N) is 1. The van der Waals surface area contributed by atoms with E-state index in [-0.39, 0.29) is 24.4 Å². The molecule has 1 atom stereocenters. The number of carbonyl (C=O) groups excluding carboxylic acids is 1. The summed E-state index contributed by atoms with van der Waals surface area (Å²) in [5.74, 6) is 1.60. The quantitative estimate of drug-likeness (QED) is 0.841. The molecule has 2 aliphatic rings. The number of nitrogens with one attached hydrogen (secondary N) is 1. The van der Waals surface area contributed by atoms with Crippen LogP contribution in [-0.2, 0) is 11.3 Å². The van der Waals surface area contributed by atoms with Crippen LogP contribution in [0.3, 0.4) is 0 Å². The first kappa shape index (κ1) is 19.0. The van der Waals surface area contributed by atoms with E-state index >= 15 is 0 Å². The van der Waals surface area contributed by atoms with E-state index < -0.39 is 0 Å². The molecular weight excluding hydrogens is 372 g/mol. The molecule has 4 rings (SSSR count). The second-order valence-electron chi connectivity index (χ2n) is 6.38. The van der Waals surface area contributed by atoms with Gasteiger partial charge in [-0.15, -0.1) is 23.7 Å². The smallest absolute Gasteiger partial charge is 0.228 e. The summed E-state index contributed by atoms with van der Waals surface area (Å²) in [6.45, 7) is 2.70. The van der Waals surface area contributed by atoms with Gasteiger partial charge in [-0.2, -0.15) is 0 Å². The molecule has 3 heterocycles. The van der Waals surface area contributed by atoms with Crippen molar-refractivity contribution in [3.05, 3.63) is 40.6 Å². The van der Waals surface area contributed by atoms with Crippen LogP contribution in [-0.4, -0.2) is 31.7 Å². The third-order valence-corrected chi connectivity index (χ3v) is 5.48. The lowest BCUT2D eigenvalue weighted by molar-refractivity contribution is -0.119. The zero-order chi connectivity index (χ0) is 17.1. The van der Waals surface area contributed by atoms with E-state index in [1.54, 1.807) is 11.3 Å². The third-order valence-electron chi connectivity index (χ3n) is 4.62. The van der Waals surface area contributed by atoms with Crippen LogP contribution < -0.4 is 19.7 Å². The summed E-state index contributed by atoms with van der Waals surface area (Å²) in [7, 11) is 0. The Morgan fingerprint density at radius 2 is 2.08 bits per heavy atom. The molecule has 1 unspecified atom stereocenters. The van der Waals surface area contributed by atoms with E-state index in [0.29, 0.717) is 31.9 Å². The van der Waals surface area contributed by atoms with Crippen LogP contribution in [0.2, 0.25) is 0 Å². The minimum Gasteiger partial charge on any atom is -0.486 e. The van der Waals surface area contributed by atoms with Crippen molar-refractivity contribution in [2.24, 2.45) is 0 Å². The van der Waals surface area contributed by atoms with Crippen LogP contribution in [0.25, 0.3) is 0 Å². The maximum atomic E-state index is 13.0. The number of ether oxygens (including phenoxy) is 2. The first-order valence-corrected chi connectivity index (χ1v) is 9.63. The third kappa shape index (κ3) is 4.31. The molecule has 1 aromatic heterocycles. The summed E-state index contributed by atoms with van der Waals surface area (Å²) in [6.07, 6.45) is 2.74. The Morgan fingerprint density at radius 3 is 2.81 bits per heavy atom. The van der Waals surface area contributed by atoms with Gasteiger partial charge in [0.2, 0.25) is 5.91 Å². The van der Waals surface area contributed by atoms with Gasteiger partial charge in [0.1, 0.15) is 13.2 Å². The summed E-state index contributed by atoms with van der Waals surface area (Å²) in [5.41, 5.74) is 0.862. The number of thiophene rings is 1. The Balaban J connectivity index is 0.00000196. The van der Waals surface area contributed by atoms with Crippen molar-refractivity contribution in [2.45, 2.75) is 31.8 Å². The van der Waals surface area contributed by atoms with Gasteiger partial charge in [0.25, 0.3) is 0 Å². The lowest BCUT2D eigenvalue weighted by Gasteiger charge is -2.26. The Morgan fingerprint density at radius 1 is 1.23 bits per heavy atom. The van der Waals surface area contributed by atoms with Crippen LogP contribution in [0.15, 0.2) is 35.7 Å². The van der Waals surface area contributed by atoms with Gasteiger partial charge >= 0.3 is 0 Å². The van der Waals surface area contributed by atoms with E-state index in [0.717, 1.165) is 30.8 Å². The van der Waals surface area contributed by atoms with Crippen molar-refractivity contribution >= 4 is 35.3 Å². The minimum absolute atomic E-state index is 0. The second kappa shape index (κ2) is 8.75. The number of benzene rings is 1. The maximum absolute atomic E-state index is 13.0. The molecule has 7 heteroatoms. The average Bonchev–Trinajstić information content (AvgIpc) is 3.33. The van der Waals surface area contributed by atoms with Gasteiger partial charge in [0, 0.05) is 29.1 Å². The molecule has 0 bridgehead atoms. The fraction of sp³-hybridized carbons (Fsp3) is 0.421. The van der Waals surface area contributed by atoms with Crippen LogP contribution in [0.1, 0.15) is 24.1 Å². The van der Waals surface area contributed by atoms with Crippen LogP contribution in [0.5, 0.6) is 11.5 Å². The van der Waals surface area contributed by atoms with Crippen molar-refractivity contribution in [3.63, 3.8) is 0 Å². The fourth-order valence-electron chi connectivity index (χ4n) is 3.33. The van der Waals surface area contributed by atoms with Gasteiger partial charge in [-0.05, 0) is 43.0 Å². The molecule has 140 valence electrons. The summed E-state index contributed by atoms with van der Waals surface area (Å²) in [4.78, 5) is 16.0. The summed E-state index contributed by atoms with van der Waals surface area (Å²) < 4.78 is 11.3. The SMILES string of the molecule is Cl.O=C(CC1CCCN1)N(Cc1cccs1)c1ccc2c(c1)OCCO2. The van der Waals surface area contributed by atoms with E-state index in [1.807, 2.05) is 34.5 Å². The lowest BCUT2D eigenvalue weighted by Crippen LogP contribution is -2.35. The molecule has 1 amide bonds. The van der Waals surface area contributed by atoms with E-state index in [9.17, 15) is 4.79 Å². The number of hydrogen-bond acceptors (Lipinski definition) is 5. The van der Waals surface area contributed by atoms with Gasteiger partial charge in [-0.1, -0.05) is 6.07 Å². The number of halogens is 1. The van der Waals surface area contributed by atoms with Crippen molar-refractivity contribution in [1.29, 1.82) is 0 Å². The first-order chi connectivity index (χ1) is 12.3. The molecular formula is C19H23ClN2O3S. The number of carbonyl (C=O) groups is 1. The molecule has 26 heavy (non-hydrogen) atoms. The molecule has 1 saturated heterocycles. The van der Waals surface area contributed by atoms with Crippen molar-refractivity contribution in [3.8, 4) is 11.5 Å². The Kier molecular flexibility index (Phi) is 6.40. The zero-order valence-corrected chi connectivity index (χ0v) is 16.1. The normalized spacial score (nSPS) is 18.2. The average molecular weight is 395 g/mol. The molecule has 5 nitrogen and oxygen atoms in total. The fourth-order valence-corrected chi connectivity index (χ4v) is 4.03. The van der Waals surface area contributed by atoms with E-state index in [2.05, 4.69) is 11.4 Å². The predicted octanol–water partition coefficient (Wildman–Crippen LogP) is 3.62. The van der Waals surface area contributed by atoms with Gasteiger partial charge in [0.15, 0.2) is 11.5 Å². The van der Waals surface area contributed by atoms with Crippen LogP contribution >= 0.6 is 23.7 Å². The highest BCUT2D eigenvalue weighted by atomic mass is 35.5. The Labute approximate surface area is 163 Å². The van der Waals surface area contributed by atoms with Crippen molar-refractivity contribution < 1.29 is 14.3 Å². The van der Waals surface area contributed by atoms with Crippen molar-refractivity contribution in [2.75, 3.05) is 24.7 Å². The first-order valence-electron chi connectivity index (χ1n) is 8.75. The standard InChI is InChI=1S/C19H22N2O3S.ClH/c22-19(11-14-3-1-7-20-14)21(13-16-4-2-10-25-16)15-5-6-17-18(12-15)24-9-8-23-17;/h2,4-6,10,12,14,20H,1,3,7-9,11,13H2;1H. The largest absolute Gasteiger partial charge is 0.486 e. The molecule has 1 aromatic carbocycles. The summed E-state index contributed by atoms with van der Waals surface area (Å²) >= 11 is 1.67. The molecule has 1 N–H and O–H groups in total. The topological polar surface area (TPSA) is 50.8 Å². The van der Waals surface area contributed by atoms with Crippen molar-refractivity contribution in [1.82, 2.24) is 5.32 Å². The highest BCUT2D eigenvalue weighted by molar-refractivity contribution is 7.09. The molecule has 2 aromatic rings. The Bertz CT molecular complexity index is 732. The molecule has 0 saturated carbocycles. The number of anilines is 1. The maximum Gasteiger partial charge on any atom is 0.228 e. The summed E-state index contributed by atoms with van der Waals surface area (Å²) in [5, 5.41) is 5.46. The highest BCUT2D eigenvalue weighted by Gasteiger charge is 2.24. The molecule has 0 aliphatic carbocycles. The Hall–Kier alpha value is -1.76. The number of fused-ring (bicyclic) bond motifs is 1. The van der Waals surface area contributed by atoms with Crippen LogP contribution in [0, 0.1) is 0 Å². The minimum atomic E-state index is 0. The predicted molar refractivity (Wildman–Crippen MR) is 106 cm³/mol. The number of rotatable bonds is 5. The zero-order valence-electron chi connectivity index (χ0n) is 14.5. The van der Waals surface area contributed by atoms with Gasteiger partial charge in [0.05, 0.1) is 6.54 Å². The molecule has 0 radical (unpaired) electrons. The lowest BCUT2D eigenvalue weighted by atomic mass is 10.1. The number of amides is 1. The number of hydrogen-bond donors (Lipinski definition) is 1. The second-order valence-corrected chi connectivity index (χ2v) is 7.42. The molecule has 2 aliphatic heterocycles. The van der Waals surface area contributed by atoms with Gasteiger partial charge in [-0.25, -0.2) is 0 Å². The van der Waals surface area contributed by atoms with Gasteiger partial charge in [-0.3, -0.25) is 4.79 Å². The van der Waals surface area contributed by atoms with Gasteiger partial charge < -0.3 is 19.7 Å². The monoisotopic (exact) mass is 394 g/mol. The molecule has 0 spiro atoms. The molecule has 1 fully saturated rings.